The van der Waals surface area contributed by atoms with Crippen LogP contribution in [-0.4, -0.2) is 29.6 Å². The lowest BCUT2D eigenvalue weighted by Gasteiger charge is -2.16. The first-order chi connectivity index (χ1) is 10.4. The topological polar surface area (TPSA) is 108 Å². The van der Waals surface area contributed by atoms with E-state index in [0.717, 1.165) is 5.56 Å². The molecule has 1 aromatic rings. The van der Waals surface area contributed by atoms with E-state index < -0.39 is 5.97 Å². The second-order valence-electron chi connectivity index (χ2n) is 4.93. The van der Waals surface area contributed by atoms with Gasteiger partial charge in [0, 0.05) is 25.6 Å². The highest BCUT2D eigenvalue weighted by atomic mass is 16.4. The predicted octanol–water partition coefficient (Wildman–Crippen LogP) is 1.87. The number of anilines is 1. The number of aliphatic carboxylic acids is 1. The molecule has 22 heavy (non-hydrogen) atoms. The van der Waals surface area contributed by atoms with Gasteiger partial charge in [-0.2, -0.15) is 0 Å². The maximum atomic E-state index is 11.7. The predicted molar refractivity (Wildman–Crippen MR) is 82.6 cm³/mol. The third kappa shape index (κ3) is 6.74. The van der Waals surface area contributed by atoms with Gasteiger partial charge in [0.2, 0.25) is 5.91 Å². The summed E-state index contributed by atoms with van der Waals surface area (Å²) in [4.78, 5) is 33.1. The van der Waals surface area contributed by atoms with E-state index in [1.165, 1.54) is 6.92 Å². The molecule has 0 saturated carbocycles. The molecule has 7 heteroatoms. The normalized spacial score (nSPS) is 11.4. The summed E-state index contributed by atoms with van der Waals surface area (Å²) in [6, 6.07) is 6.60. The van der Waals surface area contributed by atoms with E-state index in [0.29, 0.717) is 18.7 Å². The highest BCUT2D eigenvalue weighted by Crippen LogP contribution is 2.17. The van der Waals surface area contributed by atoms with Gasteiger partial charge < -0.3 is 21.1 Å². The van der Waals surface area contributed by atoms with Crippen LogP contribution in [0.2, 0.25) is 0 Å². The van der Waals surface area contributed by atoms with Gasteiger partial charge in [0.25, 0.3) is 0 Å². The Hall–Kier alpha value is -2.57. The Balaban J connectivity index is 2.46. The third-order valence-corrected chi connectivity index (χ3v) is 2.91. The molecule has 1 rings (SSSR count). The van der Waals surface area contributed by atoms with E-state index in [4.69, 9.17) is 5.11 Å². The van der Waals surface area contributed by atoms with Crippen LogP contribution < -0.4 is 16.0 Å². The SMILES string of the molecule is CC(=O)Nc1cccc(C(C)NC(=O)NCCCC(=O)O)c1. The van der Waals surface area contributed by atoms with Crippen LogP contribution >= 0.6 is 0 Å². The summed E-state index contributed by atoms with van der Waals surface area (Å²) < 4.78 is 0. The van der Waals surface area contributed by atoms with Gasteiger partial charge in [0.15, 0.2) is 0 Å². The van der Waals surface area contributed by atoms with Gasteiger partial charge in [-0.1, -0.05) is 12.1 Å². The highest BCUT2D eigenvalue weighted by Gasteiger charge is 2.10. The van der Waals surface area contributed by atoms with Gasteiger partial charge in [-0.15, -0.1) is 0 Å². The lowest BCUT2D eigenvalue weighted by Crippen LogP contribution is -2.37. The van der Waals surface area contributed by atoms with Crippen LogP contribution in [0.1, 0.15) is 38.3 Å². The molecular weight excluding hydrogens is 286 g/mol. The molecule has 0 aliphatic carbocycles. The molecular formula is C15H21N3O4. The average molecular weight is 307 g/mol. The average Bonchev–Trinajstić information content (AvgIpc) is 2.43. The molecule has 0 saturated heterocycles. The standard InChI is InChI=1S/C15H21N3O4/c1-10(17-15(22)16-8-4-7-14(20)21)12-5-3-6-13(9-12)18-11(2)19/h3,5-6,9-10H,4,7-8H2,1-2H3,(H,18,19)(H,20,21)(H2,16,17,22). The third-order valence-electron chi connectivity index (χ3n) is 2.91. The van der Waals surface area contributed by atoms with Crippen molar-refractivity contribution in [1.82, 2.24) is 10.6 Å². The Kier molecular flexibility index (Phi) is 6.88. The number of nitrogens with one attached hydrogen (secondary N) is 3. The molecule has 1 unspecified atom stereocenters. The number of carboxylic acids is 1. The fourth-order valence-electron chi connectivity index (χ4n) is 1.86. The molecule has 4 N–H and O–H groups in total. The largest absolute Gasteiger partial charge is 0.481 e. The summed E-state index contributed by atoms with van der Waals surface area (Å²) >= 11 is 0. The second kappa shape index (κ2) is 8.66. The minimum Gasteiger partial charge on any atom is -0.481 e. The van der Waals surface area contributed by atoms with Crippen molar-refractivity contribution in [3.63, 3.8) is 0 Å². The van der Waals surface area contributed by atoms with Crippen LogP contribution in [0, 0.1) is 0 Å². The lowest BCUT2D eigenvalue weighted by atomic mass is 10.1. The molecule has 0 fully saturated rings. The van der Waals surface area contributed by atoms with Crippen molar-refractivity contribution in [1.29, 1.82) is 0 Å². The maximum Gasteiger partial charge on any atom is 0.315 e. The molecule has 7 nitrogen and oxygen atoms in total. The number of amides is 3. The number of carbonyl (C=O) groups excluding carboxylic acids is 2. The summed E-state index contributed by atoms with van der Waals surface area (Å²) in [5, 5.41) is 16.5. The lowest BCUT2D eigenvalue weighted by molar-refractivity contribution is -0.137. The molecule has 0 aliphatic rings. The number of rotatable bonds is 7. The van der Waals surface area contributed by atoms with Gasteiger partial charge in [0.1, 0.15) is 0 Å². The van der Waals surface area contributed by atoms with Gasteiger partial charge in [-0.05, 0) is 31.0 Å². The van der Waals surface area contributed by atoms with Crippen molar-refractivity contribution in [3.8, 4) is 0 Å². The van der Waals surface area contributed by atoms with Crippen LogP contribution in [-0.2, 0) is 9.59 Å². The van der Waals surface area contributed by atoms with E-state index >= 15 is 0 Å². The highest BCUT2D eigenvalue weighted by molar-refractivity contribution is 5.88. The molecule has 0 heterocycles. The Morgan fingerprint density at radius 1 is 1.27 bits per heavy atom. The first-order valence-corrected chi connectivity index (χ1v) is 7.02. The number of carbonyl (C=O) groups is 3. The van der Waals surface area contributed by atoms with Crippen LogP contribution in [0.25, 0.3) is 0 Å². The fourth-order valence-corrected chi connectivity index (χ4v) is 1.86. The number of urea groups is 1. The van der Waals surface area contributed by atoms with Crippen LogP contribution in [0.3, 0.4) is 0 Å². The smallest absolute Gasteiger partial charge is 0.315 e. The first-order valence-electron chi connectivity index (χ1n) is 7.02. The summed E-state index contributed by atoms with van der Waals surface area (Å²) in [7, 11) is 0. The fraction of sp³-hybridized carbons (Fsp3) is 0.400. The Morgan fingerprint density at radius 2 is 2.00 bits per heavy atom. The minimum atomic E-state index is -0.884. The maximum absolute atomic E-state index is 11.7. The van der Waals surface area contributed by atoms with Crippen molar-refractivity contribution in [3.05, 3.63) is 29.8 Å². The summed E-state index contributed by atoms with van der Waals surface area (Å²) in [5.41, 5.74) is 1.52. The molecule has 1 atom stereocenters. The molecule has 0 bridgehead atoms. The van der Waals surface area contributed by atoms with E-state index in [-0.39, 0.29) is 24.4 Å². The molecule has 0 spiro atoms. The monoisotopic (exact) mass is 307 g/mol. The summed E-state index contributed by atoms with van der Waals surface area (Å²) in [6.45, 7) is 3.55. The van der Waals surface area contributed by atoms with E-state index in [1.807, 2.05) is 13.0 Å². The Labute approximate surface area is 129 Å². The van der Waals surface area contributed by atoms with Gasteiger partial charge in [0.05, 0.1) is 6.04 Å². The van der Waals surface area contributed by atoms with Crippen molar-refractivity contribution in [2.45, 2.75) is 32.7 Å². The Bertz CT molecular complexity index is 545. The van der Waals surface area contributed by atoms with E-state index in [9.17, 15) is 14.4 Å². The molecule has 0 aliphatic heterocycles. The number of benzene rings is 1. The zero-order chi connectivity index (χ0) is 16.5. The second-order valence-corrected chi connectivity index (χ2v) is 4.93. The zero-order valence-corrected chi connectivity index (χ0v) is 12.7. The molecule has 0 aromatic heterocycles. The van der Waals surface area contributed by atoms with Gasteiger partial charge >= 0.3 is 12.0 Å². The minimum absolute atomic E-state index is 0.0224. The number of hydrogen-bond acceptors (Lipinski definition) is 3. The summed E-state index contributed by atoms with van der Waals surface area (Å²) in [5.74, 6) is -1.04. The van der Waals surface area contributed by atoms with Crippen molar-refractivity contribution >= 4 is 23.6 Å². The van der Waals surface area contributed by atoms with Crippen molar-refractivity contribution < 1.29 is 19.5 Å². The van der Waals surface area contributed by atoms with Crippen LogP contribution in [0.5, 0.6) is 0 Å². The number of hydrogen-bond donors (Lipinski definition) is 4. The van der Waals surface area contributed by atoms with Gasteiger partial charge in [-0.25, -0.2) is 4.79 Å². The van der Waals surface area contributed by atoms with Crippen molar-refractivity contribution in [2.24, 2.45) is 0 Å². The molecule has 3 amide bonds. The molecule has 0 radical (unpaired) electrons. The quantitative estimate of drug-likeness (QED) is 0.577. The molecule has 1 aromatic carbocycles. The Morgan fingerprint density at radius 3 is 2.64 bits per heavy atom. The summed E-state index contributed by atoms with van der Waals surface area (Å²) in [6.07, 6.45) is 0.406. The first kappa shape index (κ1) is 17.5. The van der Waals surface area contributed by atoms with Crippen LogP contribution in [0.4, 0.5) is 10.5 Å². The van der Waals surface area contributed by atoms with Crippen LogP contribution in [0.15, 0.2) is 24.3 Å². The number of carboxylic acid groups (broad SMARTS) is 1. The zero-order valence-electron chi connectivity index (χ0n) is 12.7. The van der Waals surface area contributed by atoms with Gasteiger partial charge in [-0.3, -0.25) is 9.59 Å². The van der Waals surface area contributed by atoms with Crippen molar-refractivity contribution in [2.75, 3.05) is 11.9 Å². The molecule has 120 valence electrons. The van der Waals surface area contributed by atoms with E-state index in [1.54, 1.807) is 18.2 Å². The van der Waals surface area contributed by atoms with E-state index in [2.05, 4.69) is 16.0 Å².